The van der Waals surface area contributed by atoms with E-state index in [1.807, 2.05) is 81.4 Å². The van der Waals surface area contributed by atoms with Crippen molar-refractivity contribution >= 4 is 127 Å². The number of carboxylic acids is 2. The van der Waals surface area contributed by atoms with Crippen LogP contribution in [0.1, 0.15) is 110 Å². The van der Waals surface area contributed by atoms with Gasteiger partial charge in [0.2, 0.25) is 0 Å². The van der Waals surface area contributed by atoms with E-state index in [4.69, 9.17) is 70.1 Å². The Morgan fingerprint density at radius 3 is 1.15 bits per heavy atom. The maximum Gasteiger partial charge on any atom is 0.336 e. The average Bonchev–Trinajstić information content (AvgIpc) is 1.42. The highest BCUT2D eigenvalue weighted by atomic mass is 32.2. The number of aliphatic hydroxyl groups excluding tert-OH is 4. The molecule has 8 aromatic rings. The summed E-state index contributed by atoms with van der Waals surface area (Å²) in [6.07, 6.45) is 9.46. The number of anilines is 3. The number of aliphatic carboxylic acids is 1. The average molecular weight is 2010 g/mol. The van der Waals surface area contributed by atoms with Gasteiger partial charge in [-0.3, -0.25) is 9.59 Å². The molecular weight excluding hydrogens is 1900 g/mol. The molecular formula is C103H103N11O22S5. The molecule has 0 unspecified atom stereocenters. The molecule has 33 nitrogen and oxygen atoms in total. The van der Waals surface area contributed by atoms with Gasteiger partial charge in [0.1, 0.15) is 17.9 Å². The van der Waals surface area contributed by atoms with Gasteiger partial charge in [-0.25, -0.2) is 78.4 Å². The highest BCUT2D eigenvalue weighted by Crippen LogP contribution is 2.43. The van der Waals surface area contributed by atoms with E-state index in [2.05, 4.69) is 48.5 Å². The molecule has 4 heterocycles. The van der Waals surface area contributed by atoms with E-state index in [0.717, 1.165) is 100 Å². The number of sulfone groups is 4. The number of benzene rings is 8. The van der Waals surface area contributed by atoms with Crippen molar-refractivity contribution in [2.24, 2.45) is 0 Å². The molecule has 732 valence electrons. The molecule has 4 aliphatic rings. The number of rotatable bonds is 32. The van der Waals surface area contributed by atoms with E-state index in [0.29, 0.717) is 107 Å². The normalized spacial score (nSPS) is 14.9. The van der Waals surface area contributed by atoms with Gasteiger partial charge >= 0.3 is 23.9 Å². The first-order valence-corrected chi connectivity index (χ1v) is 50.9. The van der Waals surface area contributed by atoms with Crippen molar-refractivity contribution in [3.05, 3.63) is 319 Å². The number of esters is 2. The van der Waals surface area contributed by atoms with Crippen molar-refractivity contribution in [3.8, 4) is 36.1 Å². The van der Waals surface area contributed by atoms with Crippen LogP contribution in [0.4, 0.5) is 17.1 Å². The third-order valence-corrected chi connectivity index (χ3v) is 28.9. The van der Waals surface area contributed by atoms with E-state index in [9.17, 15) is 78.4 Å². The van der Waals surface area contributed by atoms with Gasteiger partial charge in [0.05, 0.1) is 119 Å². The fraction of sp³-hybridized carbons (Fsp3) is 0.272. The molecule has 4 aliphatic heterocycles. The molecule has 0 bridgehead atoms. The second-order valence-corrected chi connectivity index (χ2v) is 39.5. The number of Topliss-reactive ketones (excluding diaryl/α,β-unsaturated/α-hetero) is 1. The SMILES string of the molecule is COc1ccc(N(CCCO)CCCO)cc1C.N#CCC#N.O=C(O)CSc1ccccc1C(=O)O.O=C1CS(=O)(=O)c2ccccc21.[C-]#[N+]/C(C#N)=C1/C(=C/c2ccc(N(CCCO)CCCO)cc2C)CS(=O)(=O)c2ccccc21.[C-]#[N+]/C(C#N)=C1/C(=C/c2ccc(N(CCCOC(=O)C=C)CCCOC(=O)C=C)cc2C)CS(=O)(=O)c2ccccc21.[C-]#[N+]/C(C#N)=C1/CS(=O)(=O)c2ccccc21. The maximum absolute atomic E-state index is 13.1. The quantitative estimate of drug-likeness (QED) is 0.00569. The Hall–Kier alpha value is -15.4. The van der Waals surface area contributed by atoms with E-state index < -0.39 is 63.2 Å². The number of nitriles is 5. The summed E-state index contributed by atoms with van der Waals surface area (Å²) < 4.78 is 114. The monoisotopic (exact) mass is 2010 g/mol. The molecule has 8 aromatic carbocycles. The molecule has 0 radical (unpaired) electrons. The number of carbonyl (C=O) groups is 5. The minimum atomic E-state index is -3.68. The highest BCUT2D eigenvalue weighted by molar-refractivity contribution is 8.00. The number of aromatic carboxylic acids is 1. The lowest BCUT2D eigenvalue weighted by Gasteiger charge is -2.26. The number of carbonyl (C=O) groups excluding carboxylic acids is 3. The fourth-order valence-electron chi connectivity index (χ4n) is 14.5. The molecule has 6 N–H and O–H groups in total. The molecule has 0 fully saturated rings. The van der Waals surface area contributed by atoms with Gasteiger partial charge < -0.3 is 59.5 Å². The van der Waals surface area contributed by atoms with Gasteiger partial charge in [-0.1, -0.05) is 122 Å². The number of hydrogen-bond acceptors (Lipinski definition) is 29. The number of aryl methyl sites for hydroxylation is 3. The van der Waals surface area contributed by atoms with Crippen LogP contribution in [-0.2, 0) is 63.2 Å². The minimum Gasteiger partial charge on any atom is -0.496 e. The van der Waals surface area contributed by atoms with Gasteiger partial charge in [-0.15, -0.1) is 11.8 Å². The topological polar surface area (TPSA) is 513 Å². The van der Waals surface area contributed by atoms with Crippen LogP contribution in [0.2, 0.25) is 0 Å². The minimum absolute atomic E-state index is 0. The van der Waals surface area contributed by atoms with Crippen molar-refractivity contribution < 1.29 is 102 Å². The summed E-state index contributed by atoms with van der Waals surface area (Å²) in [6, 6.07) is 58.4. The number of aliphatic hydroxyl groups is 4. The van der Waals surface area contributed by atoms with Gasteiger partial charge in [0, 0.05) is 117 Å². The number of allylic oxidation sites excluding steroid dienone is 5. The number of ether oxygens (including phenoxy) is 3. The largest absolute Gasteiger partial charge is 0.496 e. The van der Waals surface area contributed by atoms with Crippen LogP contribution >= 0.6 is 11.8 Å². The smallest absolute Gasteiger partial charge is 0.336 e. The lowest BCUT2D eigenvalue weighted by Crippen LogP contribution is -2.28. The van der Waals surface area contributed by atoms with Crippen molar-refractivity contribution in [1.82, 2.24) is 0 Å². The summed E-state index contributed by atoms with van der Waals surface area (Å²) in [5.41, 5.74) is 10.3. The third-order valence-electron chi connectivity index (χ3n) is 21.0. The first-order valence-electron chi connectivity index (χ1n) is 43.3. The molecule has 12 rings (SSSR count). The predicted octanol–water partition coefficient (Wildman–Crippen LogP) is 14.5. The summed E-state index contributed by atoms with van der Waals surface area (Å²) in [6.45, 7) is 39.4. The number of methoxy groups -OCH3 is 1. The molecule has 0 saturated heterocycles. The highest BCUT2D eigenvalue weighted by Gasteiger charge is 2.36. The Morgan fingerprint density at radius 1 is 0.454 bits per heavy atom. The van der Waals surface area contributed by atoms with Crippen molar-refractivity contribution in [2.45, 2.75) is 90.2 Å². The Labute approximate surface area is 825 Å². The second kappa shape index (κ2) is 57.1. The van der Waals surface area contributed by atoms with Crippen LogP contribution in [0.15, 0.2) is 254 Å². The van der Waals surface area contributed by atoms with Crippen molar-refractivity contribution in [3.63, 3.8) is 0 Å². The van der Waals surface area contributed by atoms with Crippen molar-refractivity contribution in [1.29, 1.82) is 26.3 Å². The van der Waals surface area contributed by atoms with Gasteiger partial charge in [0.25, 0.3) is 17.1 Å². The molecule has 0 saturated carbocycles. The van der Waals surface area contributed by atoms with Crippen LogP contribution in [0.3, 0.4) is 0 Å². The summed E-state index contributed by atoms with van der Waals surface area (Å²) in [7, 11) is -12.3. The Bertz CT molecular complexity index is 6870. The van der Waals surface area contributed by atoms with Gasteiger partial charge in [0.15, 0.2) is 45.1 Å². The number of fused-ring (bicyclic) bond motifs is 4. The lowest BCUT2D eigenvalue weighted by atomic mass is 9.93. The summed E-state index contributed by atoms with van der Waals surface area (Å²) in [4.78, 5) is 72.1. The first-order chi connectivity index (χ1) is 67.5. The number of ketones is 1. The first kappa shape index (κ1) is 114. The number of nitrogens with zero attached hydrogens (tertiary/aromatic N) is 11. The van der Waals surface area contributed by atoms with E-state index >= 15 is 0 Å². The number of carboxylic acid groups (broad SMARTS) is 2. The molecule has 141 heavy (non-hydrogen) atoms. The molecule has 0 spiro atoms. The van der Waals surface area contributed by atoms with Gasteiger partial charge in [-0.2, -0.15) is 10.5 Å². The zero-order chi connectivity index (χ0) is 104. The zero-order valence-electron chi connectivity index (χ0n) is 77.6. The van der Waals surface area contributed by atoms with E-state index in [1.54, 1.807) is 128 Å². The van der Waals surface area contributed by atoms with Crippen LogP contribution in [0.25, 0.3) is 43.4 Å². The molecule has 0 aliphatic carbocycles. The van der Waals surface area contributed by atoms with E-state index in [1.165, 1.54) is 30.3 Å². The molecule has 0 aromatic heterocycles. The zero-order valence-corrected chi connectivity index (χ0v) is 81.7. The third kappa shape index (κ3) is 33.2. The summed E-state index contributed by atoms with van der Waals surface area (Å²) in [5, 5.41) is 96.7. The lowest BCUT2D eigenvalue weighted by molar-refractivity contribution is -0.138. The number of hydrogen-bond donors (Lipinski definition) is 6. The van der Waals surface area contributed by atoms with Crippen LogP contribution < -0.4 is 19.4 Å². The van der Waals surface area contributed by atoms with Gasteiger partial charge in [-0.05, 0) is 199 Å². The predicted molar refractivity (Wildman–Crippen MR) is 534 cm³/mol. The Morgan fingerprint density at radius 2 is 0.801 bits per heavy atom. The van der Waals surface area contributed by atoms with Crippen LogP contribution in [0, 0.1) is 97.1 Å². The second-order valence-electron chi connectivity index (χ2n) is 30.7. The van der Waals surface area contributed by atoms with E-state index in [-0.39, 0.29) is 123 Å². The maximum atomic E-state index is 13.1. The summed E-state index contributed by atoms with van der Waals surface area (Å²) in [5.74, 6) is -3.80. The van der Waals surface area contributed by atoms with Crippen LogP contribution in [-0.4, -0.2) is 209 Å². The standard InChI is InChI=1S/C32H31N3O6S.C26H27N3O4S.C14H23NO3.C11H6N2O2S.C9H8O4S.C8H6O3S.C3H2N2/c1-5-30(36)40-17-9-15-35(16-10-18-41-31(37)6-2)26-14-13-24(23(3)19-26)20-25-22-42(38,39)29-12-8-7-11-27(29)32(25)28(21-33)34-4;1-19-15-22(29(11-5-13-30)12-6-14-31)10-9-20(19)16-21-18-34(32,33)25-8-4-3-7-23(25)26(21)24(17-27)28-2;1-12-11-13(5-6-14(12)18-2)15(7-3-9-16)8-4-10-17;1-13-10(6-12)9-7-16(14,15)11-5-3-2-4-8(9)11;10-8(11)5-14-7-4-2-1-3-6(7)9(12)13;9-7-5-12(10,11)8-4-2-1-3-6(7)8;4-2-1-3-5/h5-8,11-14,19-20H,1-2,9-10,15-18,22H2,3H3;3-4,7-10,15-16,30-31H,5-6,11-14,18H2,1H3;5-6,11,16-17H,3-4,7-10H2,1-2H3;2-5H,7H2;1-4H,5H2,(H,10,11)(H,12,13);1-4H,5H2;1H2/b25-20+,32-28-;21-16+,26-24-;;10-9-;;;. The Kier molecular flexibility index (Phi) is 46.3. The number of thioether (sulfide) groups is 1. The fourth-order valence-corrected chi connectivity index (χ4v) is 21.6. The van der Waals surface area contributed by atoms with Crippen molar-refractivity contribution in [2.75, 3.05) is 129 Å². The Balaban J connectivity index is 0.000000272. The molecule has 0 amide bonds. The molecule has 38 heteroatoms. The molecule has 0 atom stereocenters. The van der Waals surface area contributed by atoms with Crippen LogP contribution in [0.5, 0.6) is 5.75 Å². The summed E-state index contributed by atoms with van der Waals surface area (Å²) >= 11 is 1.00.